The number of thiophene rings is 1. The molecule has 0 radical (unpaired) electrons. The van der Waals surface area contributed by atoms with Gasteiger partial charge in [-0.2, -0.15) is 11.3 Å². The van der Waals surface area contributed by atoms with Gasteiger partial charge in [-0.1, -0.05) is 17.7 Å². The number of hydrogen-bond donors (Lipinski definition) is 0. The minimum Gasteiger partial charge on any atom is -0.225 e. The molecular formula is C13H8ClFN2S. The third kappa shape index (κ3) is 1.78. The van der Waals surface area contributed by atoms with Crippen LogP contribution in [-0.4, -0.2) is 9.97 Å². The van der Waals surface area contributed by atoms with E-state index in [0.717, 1.165) is 11.1 Å². The molecule has 0 amide bonds. The monoisotopic (exact) mass is 278 g/mol. The summed E-state index contributed by atoms with van der Waals surface area (Å²) in [5, 5.41) is 4.75. The van der Waals surface area contributed by atoms with E-state index in [1.54, 1.807) is 23.5 Å². The SMILES string of the molecule is Cc1cscc1-c1nc(Cl)c2cccc(F)c2n1. The zero-order valence-corrected chi connectivity index (χ0v) is 11.0. The van der Waals surface area contributed by atoms with Gasteiger partial charge < -0.3 is 0 Å². The summed E-state index contributed by atoms with van der Waals surface area (Å²) in [4.78, 5) is 8.52. The first kappa shape index (κ1) is 11.6. The number of benzene rings is 1. The van der Waals surface area contributed by atoms with E-state index in [4.69, 9.17) is 11.6 Å². The van der Waals surface area contributed by atoms with Crippen LogP contribution in [0.1, 0.15) is 5.56 Å². The second-order valence-corrected chi connectivity index (χ2v) is 5.04. The predicted molar refractivity (Wildman–Crippen MR) is 72.6 cm³/mol. The average molecular weight is 279 g/mol. The van der Waals surface area contributed by atoms with Crippen molar-refractivity contribution in [2.45, 2.75) is 6.92 Å². The summed E-state index contributed by atoms with van der Waals surface area (Å²) in [5.74, 6) is 0.0854. The van der Waals surface area contributed by atoms with Gasteiger partial charge >= 0.3 is 0 Å². The molecule has 0 saturated carbocycles. The molecule has 0 unspecified atom stereocenters. The molecule has 3 rings (SSSR count). The smallest absolute Gasteiger partial charge is 0.162 e. The lowest BCUT2D eigenvalue weighted by molar-refractivity contribution is 0.636. The second-order valence-electron chi connectivity index (χ2n) is 3.94. The summed E-state index contributed by atoms with van der Waals surface area (Å²) in [6.45, 7) is 1.97. The van der Waals surface area contributed by atoms with Gasteiger partial charge in [-0.3, -0.25) is 0 Å². The van der Waals surface area contributed by atoms with Crippen LogP contribution in [0.15, 0.2) is 29.0 Å². The highest BCUT2D eigenvalue weighted by Crippen LogP contribution is 2.29. The Morgan fingerprint density at radius 2 is 2.06 bits per heavy atom. The number of nitrogens with zero attached hydrogens (tertiary/aromatic N) is 2. The Morgan fingerprint density at radius 1 is 1.22 bits per heavy atom. The third-order valence-corrected chi connectivity index (χ3v) is 3.88. The van der Waals surface area contributed by atoms with Crippen LogP contribution in [0.3, 0.4) is 0 Å². The summed E-state index contributed by atoms with van der Waals surface area (Å²) in [5.41, 5.74) is 2.22. The molecule has 18 heavy (non-hydrogen) atoms. The van der Waals surface area contributed by atoms with E-state index in [0.29, 0.717) is 11.2 Å². The van der Waals surface area contributed by atoms with Crippen LogP contribution in [0, 0.1) is 12.7 Å². The maximum absolute atomic E-state index is 13.7. The minimum absolute atomic E-state index is 0.262. The topological polar surface area (TPSA) is 25.8 Å². The van der Waals surface area contributed by atoms with Crippen LogP contribution in [0.4, 0.5) is 4.39 Å². The van der Waals surface area contributed by atoms with Crippen molar-refractivity contribution in [3.63, 3.8) is 0 Å². The fourth-order valence-corrected chi connectivity index (χ4v) is 2.85. The van der Waals surface area contributed by atoms with E-state index < -0.39 is 0 Å². The van der Waals surface area contributed by atoms with Crippen molar-refractivity contribution in [3.05, 3.63) is 45.5 Å². The number of aromatic nitrogens is 2. The van der Waals surface area contributed by atoms with Crippen molar-refractivity contribution in [2.75, 3.05) is 0 Å². The first-order valence-corrected chi connectivity index (χ1v) is 6.64. The Bertz CT molecular complexity index is 739. The van der Waals surface area contributed by atoms with E-state index >= 15 is 0 Å². The van der Waals surface area contributed by atoms with Gasteiger partial charge in [0.25, 0.3) is 0 Å². The second kappa shape index (κ2) is 4.30. The molecule has 90 valence electrons. The lowest BCUT2D eigenvalue weighted by atomic mass is 10.2. The van der Waals surface area contributed by atoms with Crippen molar-refractivity contribution < 1.29 is 4.39 Å². The highest BCUT2D eigenvalue weighted by Gasteiger charge is 2.12. The van der Waals surface area contributed by atoms with Crippen LogP contribution < -0.4 is 0 Å². The summed E-state index contributed by atoms with van der Waals surface area (Å²) < 4.78 is 13.7. The summed E-state index contributed by atoms with van der Waals surface area (Å²) >= 11 is 7.65. The molecule has 0 bridgehead atoms. The van der Waals surface area contributed by atoms with Crippen LogP contribution in [-0.2, 0) is 0 Å². The zero-order valence-electron chi connectivity index (χ0n) is 9.45. The molecule has 2 aromatic heterocycles. The average Bonchev–Trinajstić information content (AvgIpc) is 2.77. The Morgan fingerprint density at radius 3 is 2.78 bits per heavy atom. The largest absolute Gasteiger partial charge is 0.225 e. The molecule has 0 atom stereocenters. The van der Waals surface area contributed by atoms with Gasteiger partial charge in [0.05, 0.1) is 0 Å². The molecule has 2 heterocycles. The van der Waals surface area contributed by atoms with E-state index in [1.165, 1.54) is 6.07 Å². The summed E-state index contributed by atoms with van der Waals surface area (Å²) in [7, 11) is 0. The predicted octanol–water partition coefficient (Wildman–Crippen LogP) is 4.46. The number of aryl methyl sites for hydroxylation is 1. The zero-order chi connectivity index (χ0) is 12.7. The van der Waals surface area contributed by atoms with Gasteiger partial charge in [0.15, 0.2) is 5.82 Å². The molecule has 2 nitrogen and oxygen atoms in total. The maximum atomic E-state index is 13.7. The van der Waals surface area contributed by atoms with Crippen LogP contribution in [0.25, 0.3) is 22.3 Å². The Hall–Kier alpha value is -1.52. The Balaban J connectivity index is 2.34. The first-order chi connectivity index (χ1) is 8.66. The highest BCUT2D eigenvalue weighted by atomic mass is 35.5. The van der Waals surface area contributed by atoms with Crippen LogP contribution >= 0.6 is 22.9 Å². The van der Waals surface area contributed by atoms with Gasteiger partial charge in [-0.25, -0.2) is 14.4 Å². The molecule has 0 aliphatic rings. The Labute approximate surface area is 112 Å². The number of fused-ring (bicyclic) bond motifs is 1. The number of hydrogen-bond acceptors (Lipinski definition) is 3. The number of rotatable bonds is 1. The van der Waals surface area contributed by atoms with E-state index in [-0.39, 0.29) is 16.5 Å². The van der Waals surface area contributed by atoms with Crippen molar-refractivity contribution >= 4 is 33.8 Å². The van der Waals surface area contributed by atoms with Gasteiger partial charge in [0, 0.05) is 16.3 Å². The van der Waals surface area contributed by atoms with Crippen molar-refractivity contribution in [1.82, 2.24) is 9.97 Å². The third-order valence-electron chi connectivity index (χ3n) is 2.73. The first-order valence-electron chi connectivity index (χ1n) is 5.32. The Kier molecular flexibility index (Phi) is 2.76. The molecule has 0 aliphatic heterocycles. The van der Waals surface area contributed by atoms with Crippen LogP contribution in [0.5, 0.6) is 0 Å². The molecule has 0 N–H and O–H groups in total. The van der Waals surface area contributed by atoms with Crippen LogP contribution in [0.2, 0.25) is 5.15 Å². The number of para-hydroxylation sites is 1. The van der Waals surface area contributed by atoms with E-state index in [9.17, 15) is 4.39 Å². The highest BCUT2D eigenvalue weighted by molar-refractivity contribution is 7.08. The molecule has 5 heteroatoms. The van der Waals surface area contributed by atoms with Gasteiger partial charge in [-0.05, 0) is 30.0 Å². The quantitative estimate of drug-likeness (QED) is 0.614. The standard InChI is InChI=1S/C13H8ClFN2S/c1-7-5-18-6-9(7)13-16-11-8(12(14)17-13)3-2-4-10(11)15/h2-6H,1H3. The maximum Gasteiger partial charge on any atom is 0.162 e. The van der Waals surface area contributed by atoms with Gasteiger partial charge in [-0.15, -0.1) is 0 Å². The molecular weight excluding hydrogens is 271 g/mol. The molecule has 3 aromatic rings. The summed E-state index contributed by atoms with van der Waals surface area (Å²) in [6, 6.07) is 4.68. The van der Waals surface area contributed by atoms with Crippen molar-refractivity contribution in [2.24, 2.45) is 0 Å². The van der Waals surface area contributed by atoms with Gasteiger partial charge in [0.2, 0.25) is 0 Å². The molecule has 0 saturated heterocycles. The normalized spacial score (nSPS) is 11.1. The fraction of sp³-hybridized carbons (Fsp3) is 0.0769. The van der Waals surface area contributed by atoms with E-state index in [1.807, 2.05) is 17.7 Å². The molecule has 0 fully saturated rings. The lowest BCUT2D eigenvalue weighted by Gasteiger charge is -2.04. The molecule has 0 spiro atoms. The molecule has 0 aliphatic carbocycles. The molecule has 1 aromatic carbocycles. The van der Waals surface area contributed by atoms with Gasteiger partial charge in [0.1, 0.15) is 16.5 Å². The fourth-order valence-electron chi connectivity index (χ4n) is 1.79. The number of halogens is 2. The summed E-state index contributed by atoms with van der Waals surface area (Å²) in [6.07, 6.45) is 0. The van der Waals surface area contributed by atoms with E-state index in [2.05, 4.69) is 9.97 Å². The minimum atomic E-state index is -0.383. The van der Waals surface area contributed by atoms with Crippen molar-refractivity contribution in [1.29, 1.82) is 0 Å². The van der Waals surface area contributed by atoms with Crippen molar-refractivity contribution in [3.8, 4) is 11.4 Å². The lowest BCUT2D eigenvalue weighted by Crippen LogP contribution is -1.94.